The van der Waals surface area contributed by atoms with Gasteiger partial charge in [-0.1, -0.05) is 37.8 Å². The largest absolute Gasteiger partial charge is 0.395 e. The van der Waals surface area contributed by atoms with Gasteiger partial charge in [0.2, 0.25) is 0 Å². The van der Waals surface area contributed by atoms with Crippen LogP contribution >= 0.6 is 0 Å². The lowest BCUT2D eigenvalue weighted by Crippen LogP contribution is -2.27. The highest BCUT2D eigenvalue weighted by molar-refractivity contribution is 5.37. The van der Waals surface area contributed by atoms with Crippen molar-refractivity contribution in [2.24, 2.45) is 5.92 Å². The summed E-state index contributed by atoms with van der Waals surface area (Å²) in [6.45, 7) is 6.96. The van der Waals surface area contributed by atoms with E-state index in [1.54, 1.807) is 0 Å². The van der Waals surface area contributed by atoms with Gasteiger partial charge >= 0.3 is 0 Å². The molecule has 0 spiro atoms. The summed E-state index contributed by atoms with van der Waals surface area (Å²) in [5, 5.41) is 8.78. The first-order chi connectivity index (χ1) is 10.2. The maximum Gasteiger partial charge on any atom is 0.0540 e. The van der Waals surface area contributed by atoms with Gasteiger partial charge < -0.3 is 5.11 Å². The van der Waals surface area contributed by atoms with Crippen molar-refractivity contribution in [1.82, 2.24) is 4.90 Å². The second-order valence-corrected chi connectivity index (χ2v) is 6.36. The Hall–Kier alpha value is -1.30. The highest BCUT2D eigenvalue weighted by Gasteiger charge is 2.28. The molecule has 1 aromatic carbocycles. The Labute approximate surface area is 129 Å². The maximum atomic E-state index is 8.78. The Kier molecular flexibility index (Phi) is 6.29. The highest BCUT2D eigenvalue weighted by Crippen LogP contribution is 2.29. The number of nitrogens with zero attached hydrogens (tertiary/aromatic N) is 1. The van der Waals surface area contributed by atoms with Crippen LogP contribution in [0.25, 0.3) is 0 Å². The van der Waals surface area contributed by atoms with Crippen LogP contribution in [0.1, 0.15) is 50.7 Å². The zero-order chi connectivity index (χ0) is 15.1. The molecule has 114 valence electrons. The van der Waals surface area contributed by atoms with Crippen molar-refractivity contribution in [2.45, 2.75) is 52.1 Å². The molecule has 0 aromatic heterocycles. The fourth-order valence-electron chi connectivity index (χ4n) is 2.46. The van der Waals surface area contributed by atoms with Crippen LogP contribution in [0, 0.1) is 17.8 Å². The minimum absolute atomic E-state index is 0.136. The van der Waals surface area contributed by atoms with Gasteiger partial charge in [0.15, 0.2) is 0 Å². The van der Waals surface area contributed by atoms with Gasteiger partial charge in [0, 0.05) is 24.6 Å². The van der Waals surface area contributed by atoms with Gasteiger partial charge in [0.05, 0.1) is 6.61 Å². The fraction of sp³-hybridized carbons (Fsp3) is 0.579. The SMILES string of the molecule is CC(C)CCN(Cc1cccc(C#CCCO)c1)C1CC1. The maximum absolute atomic E-state index is 8.78. The lowest BCUT2D eigenvalue weighted by atomic mass is 10.1. The van der Waals surface area contributed by atoms with Gasteiger partial charge in [0.25, 0.3) is 0 Å². The fourth-order valence-corrected chi connectivity index (χ4v) is 2.46. The predicted molar refractivity (Wildman–Crippen MR) is 87.9 cm³/mol. The van der Waals surface area contributed by atoms with E-state index in [4.69, 9.17) is 5.11 Å². The van der Waals surface area contributed by atoms with Crippen LogP contribution in [0.4, 0.5) is 0 Å². The summed E-state index contributed by atoms with van der Waals surface area (Å²) in [6.07, 6.45) is 4.53. The van der Waals surface area contributed by atoms with E-state index in [0.29, 0.717) is 6.42 Å². The van der Waals surface area contributed by atoms with Gasteiger partial charge in [-0.05, 0) is 49.4 Å². The van der Waals surface area contributed by atoms with Crippen molar-refractivity contribution in [1.29, 1.82) is 0 Å². The molecule has 1 aliphatic rings. The Morgan fingerprint density at radius 3 is 2.81 bits per heavy atom. The van der Waals surface area contributed by atoms with Gasteiger partial charge in [-0.3, -0.25) is 4.90 Å². The summed E-state index contributed by atoms with van der Waals surface area (Å²) in [5.41, 5.74) is 2.40. The molecule has 0 radical (unpaired) electrons. The van der Waals surface area contributed by atoms with Crippen molar-refractivity contribution < 1.29 is 5.11 Å². The van der Waals surface area contributed by atoms with Crippen LogP contribution in [0.2, 0.25) is 0 Å². The molecule has 1 aromatic rings. The van der Waals surface area contributed by atoms with Crippen molar-refractivity contribution >= 4 is 0 Å². The molecule has 0 aliphatic heterocycles. The zero-order valence-electron chi connectivity index (χ0n) is 13.3. The molecule has 1 aliphatic carbocycles. The average Bonchev–Trinajstić information content (AvgIpc) is 3.28. The smallest absolute Gasteiger partial charge is 0.0540 e. The Balaban J connectivity index is 1.96. The number of aliphatic hydroxyl groups excluding tert-OH is 1. The first-order valence-electron chi connectivity index (χ1n) is 8.11. The van der Waals surface area contributed by atoms with Gasteiger partial charge in [-0.2, -0.15) is 0 Å². The molecule has 1 saturated carbocycles. The van der Waals surface area contributed by atoms with E-state index in [-0.39, 0.29) is 6.61 Å². The van der Waals surface area contributed by atoms with Crippen LogP contribution in [0.5, 0.6) is 0 Å². The van der Waals surface area contributed by atoms with E-state index < -0.39 is 0 Å². The number of rotatable bonds is 7. The molecule has 1 fully saturated rings. The van der Waals surface area contributed by atoms with Crippen LogP contribution < -0.4 is 0 Å². The van der Waals surface area contributed by atoms with E-state index in [0.717, 1.165) is 24.1 Å². The average molecular weight is 285 g/mol. The van der Waals surface area contributed by atoms with Gasteiger partial charge in [-0.25, -0.2) is 0 Å². The zero-order valence-corrected chi connectivity index (χ0v) is 13.3. The molecular weight excluding hydrogens is 258 g/mol. The number of aliphatic hydroxyl groups is 1. The third-order valence-corrected chi connectivity index (χ3v) is 3.84. The molecule has 1 N–H and O–H groups in total. The standard InChI is InChI=1S/C19H27NO/c1-16(2)11-12-20(19-9-10-19)15-18-8-5-7-17(14-18)6-3-4-13-21/h5,7-8,14,16,19,21H,4,9-13,15H2,1-2H3. The minimum atomic E-state index is 0.136. The number of benzene rings is 1. The lowest BCUT2D eigenvalue weighted by Gasteiger charge is -2.23. The summed E-state index contributed by atoms with van der Waals surface area (Å²) >= 11 is 0. The molecule has 2 rings (SSSR count). The summed E-state index contributed by atoms with van der Waals surface area (Å²) in [7, 11) is 0. The Morgan fingerprint density at radius 2 is 2.14 bits per heavy atom. The summed E-state index contributed by atoms with van der Waals surface area (Å²) < 4.78 is 0. The van der Waals surface area contributed by atoms with E-state index in [1.165, 1.54) is 31.4 Å². The Morgan fingerprint density at radius 1 is 1.33 bits per heavy atom. The highest BCUT2D eigenvalue weighted by atomic mass is 16.2. The third kappa shape index (κ3) is 5.91. The predicted octanol–water partition coefficient (Wildman–Crippen LogP) is 3.43. The molecule has 2 heteroatoms. The van der Waals surface area contributed by atoms with Crippen molar-refractivity contribution in [3.63, 3.8) is 0 Å². The second-order valence-electron chi connectivity index (χ2n) is 6.36. The molecule has 0 atom stereocenters. The van der Waals surface area contributed by atoms with Crippen LogP contribution in [0.3, 0.4) is 0 Å². The molecule has 0 saturated heterocycles. The molecule has 2 nitrogen and oxygen atoms in total. The van der Waals surface area contributed by atoms with Gasteiger partial charge in [0.1, 0.15) is 0 Å². The normalized spacial score (nSPS) is 14.3. The molecule has 0 heterocycles. The topological polar surface area (TPSA) is 23.5 Å². The van der Waals surface area contributed by atoms with Crippen LogP contribution in [0.15, 0.2) is 24.3 Å². The molecule has 21 heavy (non-hydrogen) atoms. The van der Waals surface area contributed by atoms with Crippen molar-refractivity contribution in [3.05, 3.63) is 35.4 Å². The number of hydrogen-bond donors (Lipinski definition) is 1. The summed E-state index contributed by atoms with van der Waals surface area (Å²) in [6, 6.07) is 9.32. The molecule has 0 bridgehead atoms. The van der Waals surface area contributed by atoms with Crippen molar-refractivity contribution in [3.8, 4) is 11.8 Å². The second kappa shape index (κ2) is 8.22. The van der Waals surface area contributed by atoms with Crippen LogP contribution in [-0.4, -0.2) is 29.2 Å². The molecular formula is C19H27NO. The van der Waals surface area contributed by atoms with Crippen LogP contribution in [-0.2, 0) is 6.54 Å². The van der Waals surface area contributed by atoms with E-state index in [2.05, 4.69) is 48.8 Å². The third-order valence-electron chi connectivity index (χ3n) is 3.84. The quantitative estimate of drug-likeness (QED) is 0.776. The monoisotopic (exact) mass is 285 g/mol. The first kappa shape index (κ1) is 16.1. The summed E-state index contributed by atoms with van der Waals surface area (Å²) in [5.74, 6) is 6.88. The lowest BCUT2D eigenvalue weighted by molar-refractivity contribution is 0.239. The molecule has 0 unspecified atom stereocenters. The van der Waals surface area contributed by atoms with Gasteiger partial charge in [-0.15, -0.1) is 0 Å². The van der Waals surface area contributed by atoms with E-state index in [1.807, 2.05) is 6.07 Å². The molecule has 0 amide bonds. The first-order valence-corrected chi connectivity index (χ1v) is 8.11. The minimum Gasteiger partial charge on any atom is -0.395 e. The summed E-state index contributed by atoms with van der Waals surface area (Å²) in [4.78, 5) is 2.63. The van der Waals surface area contributed by atoms with E-state index >= 15 is 0 Å². The van der Waals surface area contributed by atoms with E-state index in [9.17, 15) is 0 Å². The Bertz CT molecular complexity index is 494. The number of hydrogen-bond acceptors (Lipinski definition) is 2. The van der Waals surface area contributed by atoms with Crippen molar-refractivity contribution in [2.75, 3.05) is 13.2 Å².